The number of nitrogens with zero attached hydrogens (tertiary/aromatic N) is 2. The summed E-state index contributed by atoms with van der Waals surface area (Å²) in [5.41, 5.74) is 1.44. The minimum atomic E-state index is 0.521. The summed E-state index contributed by atoms with van der Waals surface area (Å²) < 4.78 is 2.45. The van der Waals surface area contributed by atoms with E-state index in [1.54, 1.807) is 0 Å². The predicted molar refractivity (Wildman–Crippen MR) is 59.7 cm³/mol. The second kappa shape index (κ2) is 3.63. The van der Waals surface area contributed by atoms with Crippen molar-refractivity contribution in [3.05, 3.63) is 17.7 Å². The van der Waals surface area contributed by atoms with Crippen molar-refractivity contribution in [3.63, 3.8) is 0 Å². The molecule has 0 aromatic carbocycles. The number of hydrogen-bond acceptors (Lipinski definition) is 2. The van der Waals surface area contributed by atoms with Crippen LogP contribution in [0.15, 0.2) is 6.20 Å². The number of aromatic nitrogens is 2. The molecule has 2 aliphatic rings. The lowest BCUT2D eigenvalue weighted by Gasteiger charge is -2.23. The monoisotopic (exact) mass is 205 g/mol. The zero-order chi connectivity index (χ0) is 10.3. The van der Waals surface area contributed by atoms with Gasteiger partial charge in [0.05, 0.1) is 6.04 Å². The van der Waals surface area contributed by atoms with Crippen LogP contribution in [0.2, 0.25) is 0 Å². The van der Waals surface area contributed by atoms with E-state index >= 15 is 0 Å². The Hall–Kier alpha value is -0.830. The summed E-state index contributed by atoms with van der Waals surface area (Å²) in [5.74, 6) is 2.12. The molecule has 3 nitrogen and oxygen atoms in total. The molecular weight excluding hydrogens is 186 g/mol. The number of hydrogen-bond donors (Lipinski definition) is 1. The van der Waals surface area contributed by atoms with E-state index in [4.69, 9.17) is 0 Å². The molecule has 1 aromatic heterocycles. The van der Waals surface area contributed by atoms with E-state index in [1.807, 2.05) is 0 Å². The first-order valence-corrected chi connectivity index (χ1v) is 6.12. The van der Waals surface area contributed by atoms with Crippen LogP contribution in [0.1, 0.15) is 43.7 Å². The van der Waals surface area contributed by atoms with Gasteiger partial charge in [-0.1, -0.05) is 6.92 Å². The topological polar surface area (TPSA) is 29.9 Å². The van der Waals surface area contributed by atoms with Crippen molar-refractivity contribution in [2.24, 2.45) is 5.92 Å². The van der Waals surface area contributed by atoms with Gasteiger partial charge in [0, 0.05) is 18.4 Å². The van der Waals surface area contributed by atoms with Crippen molar-refractivity contribution in [2.75, 3.05) is 6.54 Å². The molecule has 0 radical (unpaired) electrons. The Kier molecular flexibility index (Phi) is 2.28. The molecule has 2 unspecified atom stereocenters. The molecule has 15 heavy (non-hydrogen) atoms. The first kappa shape index (κ1) is 9.40. The van der Waals surface area contributed by atoms with Crippen LogP contribution < -0.4 is 5.32 Å². The molecule has 82 valence electrons. The maximum atomic E-state index is 4.61. The van der Waals surface area contributed by atoms with Crippen molar-refractivity contribution in [3.8, 4) is 0 Å². The standard InChI is InChI=1S/C12H19N3/c1-9-4-6-15-10(7-9)8-14-12(15)11-3-2-5-13-11/h8-9,11,13H,2-7H2,1H3. The van der Waals surface area contributed by atoms with Crippen molar-refractivity contribution >= 4 is 0 Å². The summed E-state index contributed by atoms with van der Waals surface area (Å²) in [4.78, 5) is 4.61. The van der Waals surface area contributed by atoms with Crippen LogP contribution in [0.25, 0.3) is 0 Å². The van der Waals surface area contributed by atoms with Crippen LogP contribution in [-0.2, 0) is 13.0 Å². The molecule has 2 atom stereocenters. The highest BCUT2D eigenvalue weighted by Gasteiger charge is 2.25. The smallest absolute Gasteiger partial charge is 0.126 e. The second-order valence-corrected chi connectivity index (χ2v) is 5.01. The van der Waals surface area contributed by atoms with E-state index in [2.05, 4.69) is 28.0 Å². The van der Waals surface area contributed by atoms with E-state index < -0.39 is 0 Å². The zero-order valence-corrected chi connectivity index (χ0v) is 9.37. The minimum Gasteiger partial charge on any atom is -0.331 e. The molecule has 3 heteroatoms. The highest BCUT2D eigenvalue weighted by molar-refractivity contribution is 5.12. The largest absolute Gasteiger partial charge is 0.331 e. The number of fused-ring (bicyclic) bond motifs is 1. The third-order valence-corrected chi connectivity index (χ3v) is 3.74. The Labute approximate surface area is 90.9 Å². The third-order valence-electron chi connectivity index (χ3n) is 3.74. The average Bonchev–Trinajstić information content (AvgIpc) is 2.82. The van der Waals surface area contributed by atoms with Crippen LogP contribution in [0, 0.1) is 5.92 Å². The zero-order valence-electron chi connectivity index (χ0n) is 9.37. The first-order valence-electron chi connectivity index (χ1n) is 6.12. The molecular formula is C12H19N3. The summed E-state index contributed by atoms with van der Waals surface area (Å²) in [5, 5.41) is 3.54. The lowest BCUT2D eigenvalue weighted by atomic mass is 9.98. The Morgan fingerprint density at radius 3 is 3.20 bits per heavy atom. The fourth-order valence-corrected chi connectivity index (χ4v) is 2.84. The van der Waals surface area contributed by atoms with Gasteiger partial charge in [0.25, 0.3) is 0 Å². The lowest BCUT2D eigenvalue weighted by Crippen LogP contribution is -2.23. The molecule has 3 rings (SSSR count). The summed E-state index contributed by atoms with van der Waals surface area (Å²) in [6.07, 6.45) is 7.16. The van der Waals surface area contributed by atoms with Gasteiger partial charge in [0.2, 0.25) is 0 Å². The molecule has 3 heterocycles. The minimum absolute atomic E-state index is 0.521. The summed E-state index contributed by atoms with van der Waals surface area (Å²) >= 11 is 0. The molecule has 2 aliphatic heterocycles. The first-order chi connectivity index (χ1) is 7.34. The van der Waals surface area contributed by atoms with Crippen molar-refractivity contribution in [1.82, 2.24) is 14.9 Å². The fourth-order valence-electron chi connectivity index (χ4n) is 2.84. The van der Waals surface area contributed by atoms with E-state index in [0.717, 1.165) is 12.5 Å². The molecule has 0 saturated carbocycles. The molecule has 0 amide bonds. The summed E-state index contributed by atoms with van der Waals surface area (Å²) in [7, 11) is 0. The van der Waals surface area contributed by atoms with Gasteiger partial charge < -0.3 is 9.88 Å². The van der Waals surface area contributed by atoms with Gasteiger partial charge >= 0.3 is 0 Å². The van der Waals surface area contributed by atoms with Crippen LogP contribution in [0.4, 0.5) is 0 Å². The maximum absolute atomic E-state index is 4.61. The Morgan fingerprint density at radius 1 is 1.47 bits per heavy atom. The van der Waals surface area contributed by atoms with Crippen molar-refractivity contribution in [2.45, 2.75) is 45.2 Å². The normalized spacial score (nSPS) is 30.5. The van der Waals surface area contributed by atoms with Crippen molar-refractivity contribution < 1.29 is 0 Å². The summed E-state index contributed by atoms with van der Waals surface area (Å²) in [6, 6.07) is 0.521. The van der Waals surface area contributed by atoms with Crippen LogP contribution >= 0.6 is 0 Å². The highest BCUT2D eigenvalue weighted by Crippen LogP contribution is 2.27. The van der Waals surface area contributed by atoms with Gasteiger partial charge in [-0.3, -0.25) is 0 Å². The summed E-state index contributed by atoms with van der Waals surface area (Å²) in [6.45, 7) is 4.66. The van der Waals surface area contributed by atoms with E-state index in [9.17, 15) is 0 Å². The maximum Gasteiger partial charge on any atom is 0.126 e. The molecule has 1 fully saturated rings. The Bertz CT molecular complexity index is 350. The van der Waals surface area contributed by atoms with Crippen LogP contribution in [0.3, 0.4) is 0 Å². The van der Waals surface area contributed by atoms with Crippen LogP contribution in [-0.4, -0.2) is 16.1 Å². The Balaban J connectivity index is 1.90. The van der Waals surface area contributed by atoms with Crippen LogP contribution in [0.5, 0.6) is 0 Å². The van der Waals surface area contributed by atoms with Gasteiger partial charge in [-0.05, 0) is 38.1 Å². The van der Waals surface area contributed by atoms with Gasteiger partial charge in [0.1, 0.15) is 5.82 Å². The molecule has 0 bridgehead atoms. The van der Waals surface area contributed by atoms with E-state index in [-0.39, 0.29) is 0 Å². The number of nitrogens with one attached hydrogen (secondary N) is 1. The number of imidazole rings is 1. The quantitative estimate of drug-likeness (QED) is 0.758. The van der Waals surface area contributed by atoms with E-state index in [1.165, 1.54) is 43.7 Å². The molecule has 0 spiro atoms. The average molecular weight is 205 g/mol. The molecule has 1 N–H and O–H groups in total. The molecule has 1 aromatic rings. The predicted octanol–water partition coefficient (Wildman–Crippen LogP) is 1.89. The van der Waals surface area contributed by atoms with Gasteiger partial charge in [-0.25, -0.2) is 4.98 Å². The molecule has 1 saturated heterocycles. The van der Waals surface area contributed by atoms with Crippen molar-refractivity contribution in [1.29, 1.82) is 0 Å². The van der Waals surface area contributed by atoms with E-state index in [0.29, 0.717) is 6.04 Å². The number of rotatable bonds is 1. The van der Waals surface area contributed by atoms with Gasteiger partial charge in [0.15, 0.2) is 0 Å². The SMILES string of the molecule is CC1CCn2c(cnc2C2CCCN2)C1. The van der Waals surface area contributed by atoms with Gasteiger partial charge in [-0.15, -0.1) is 0 Å². The fraction of sp³-hybridized carbons (Fsp3) is 0.750. The third kappa shape index (κ3) is 1.59. The Morgan fingerprint density at radius 2 is 2.40 bits per heavy atom. The van der Waals surface area contributed by atoms with Gasteiger partial charge in [-0.2, -0.15) is 0 Å². The molecule has 0 aliphatic carbocycles. The second-order valence-electron chi connectivity index (χ2n) is 5.01. The lowest BCUT2D eigenvalue weighted by molar-refractivity contribution is 0.398. The highest BCUT2D eigenvalue weighted by atomic mass is 15.1.